The highest BCUT2D eigenvalue weighted by Gasteiger charge is 2.22. The van der Waals surface area contributed by atoms with Crippen molar-refractivity contribution in [3.05, 3.63) is 0 Å². The number of hydrogen-bond acceptors (Lipinski definition) is 2. The molecule has 1 rings (SSSR count). The van der Waals surface area contributed by atoms with Gasteiger partial charge in [-0.25, -0.2) is 0 Å². The predicted molar refractivity (Wildman–Crippen MR) is 76.0 cm³/mol. The molecule has 0 aromatic carbocycles. The molecule has 2 heteroatoms. The van der Waals surface area contributed by atoms with Gasteiger partial charge in [-0.1, -0.05) is 34.6 Å². The van der Waals surface area contributed by atoms with Crippen molar-refractivity contribution in [1.82, 2.24) is 4.90 Å². The monoisotopic (exact) mass is 240 g/mol. The van der Waals surface area contributed by atoms with E-state index in [2.05, 4.69) is 39.5 Å². The van der Waals surface area contributed by atoms with E-state index in [0.717, 1.165) is 24.7 Å². The van der Waals surface area contributed by atoms with Gasteiger partial charge in [0.15, 0.2) is 0 Å². The lowest BCUT2D eigenvalue weighted by Crippen LogP contribution is -2.41. The molecule has 102 valence electrons. The molecule has 3 unspecified atom stereocenters. The summed E-state index contributed by atoms with van der Waals surface area (Å²) >= 11 is 0. The maximum Gasteiger partial charge on any atom is 0.00559 e. The van der Waals surface area contributed by atoms with E-state index in [-0.39, 0.29) is 0 Å². The van der Waals surface area contributed by atoms with Crippen molar-refractivity contribution in [1.29, 1.82) is 0 Å². The first-order chi connectivity index (χ1) is 7.76. The summed E-state index contributed by atoms with van der Waals surface area (Å²) < 4.78 is 0. The highest BCUT2D eigenvalue weighted by Crippen LogP contribution is 2.23. The van der Waals surface area contributed by atoms with Crippen LogP contribution in [0, 0.1) is 17.3 Å². The van der Waals surface area contributed by atoms with Gasteiger partial charge in [0.05, 0.1) is 0 Å². The molecule has 1 aliphatic heterocycles. The molecule has 0 spiro atoms. The molecule has 0 aliphatic carbocycles. The molecule has 0 saturated carbocycles. The largest absolute Gasteiger partial charge is 0.328 e. The zero-order valence-corrected chi connectivity index (χ0v) is 12.5. The minimum Gasteiger partial charge on any atom is -0.328 e. The van der Waals surface area contributed by atoms with Crippen LogP contribution >= 0.6 is 0 Å². The third-order valence-electron chi connectivity index (χ3n) is 3.64. The van der Waals surface area contributed by atoms with Gasteiger partial charge in [0, 0.05) is 19.1 Å². The van der Waals surface area contributed by atoms with Crippen molar-refractivity contribution in [2.75, 3.05) is 19.6 Å². The molecule has 1 saturated heterocycles. The Morgan fingerprint density at radius 3 is 2.18 bits per heavy atom. The first kappa shape index (κ1) is 15.0. The number of piperidine rings is 1. The molecule has 1 aliphatic rings. The van der Waals surface area contributed by atoms with Gasteiger partial charge < -0.3 is 10.6 Å². The van der Waals surface area contributed by atoms with E-state index in [9.17, 15) is 0 Å². The van der Waals surface area contributed by atoms with Crippen LogP contribution in [-0.2, 0) is 0 Å². The summed E-state index contributed by atoms with van der Waals surface area (Å²) in [5.41, 5.74) is 6.58. The van der Waals surface area contributed by atoms with Gasteiger partial charge in [-0.05, 0) is 43.1 Å². The summed E-state index contributed by atoms with van der Waals surface area (Å²) in [6.07, 6.45) is 3.67. The normalized spacial score (nSPS) is 29.3. The Hall–Kier alpha value is -0.0800. The van der Waals surface area contributed by atoms with Crippen molar-refractivity contribution < 1.29 is 0 Å². The molecule has 0 aromatic heterocycles. The first-order valence-electron chi connectivity index (χ1n) is 7.24. The zero-order valence-electron chi connectivity index (χ0n) is 12.5. The number of nitrogens with two attached hydrogens (primary N) is 1. The van der Waals surface area contributed by atoms with Gasteiger partial charge in [0.1, 0.15) is 0 Å². The fraction of sp³-hybridized carbons (Fsp3) is 1.00. The lowest BCUT2D eigenvalue weighted by atomic mass is 9.87. The molecule has 0 bridgehead atoms. The molecule has 0 radical (unpaired) electrons. The van der Waals surface area contributed by atoms with E-state index in [1.807, 2.05) is 0 Å². The maximum absolute atomic E-state index is 6.22. The molecular formula is C15H32N2. The van der Waals surface area contributed by atoms with Gasteiger partial charge >= 0.3 is 0 Å². The molecule has 17 heavy (non-hydrogen) atoms. The van der Waals surface area contributed by atoms with Crippen molar-refractivity contribution in [2.24, 2.45) is 23.0 Å². The van der Waals surface area contributed by atoms with Gasteiger partial charge in [0.25, 0.3) is 0 Å². The molecule has 2 nitrogen and oxygen atoms in total. The summed E-state index contributed by atoms with van der Waals surface area (Å²) in [6.45, 7) is 15.3. The Morgan fingerprint density at radius 1 is 1.18 bits per heavy atom. The van der Waals surface area contributed by atoms with Gasteiger partial charge in [-0.15, -0.1) is 0 Å². The van der Waals surface area contributed by atoms with E-state index in [4.69, 9.17) is 5.73 Å². The molecule has 0 amide bonds. The second-order valence-corrected chi connectivity index (χ2v) is 7.52. The standard InChI is InChI=1S/C15H32N2/c1-12-8-13(2)11-17(10-12)7-6-14(16)9-15(3,4)5/h12-14H,6-11,16H2,1-5H3. The van der Waals surface area contributed by atoms with Crippen LogP contribution in [0.15, 0.2) is 0 Å². The summed E-state index contributed by atoms with van der Waals surface area (Å²) in [5, 5.41) is 0. The van der Waals surface area contributed by atoms with Crippen LogP contribution in [-0.4, -0.2) is 30.6 Å². The average molecular weight is 240 g/mol. The van der Waals surface area contributed by atoms with Crippen molar-refractivity contribution >= 4 is 0 Å². The van der Waals surface area contributed by atoms with Crippen molar-refractivity contribution in [2.45, 2.75) is 59.9 Å². The zero-order chi connectivity index (χ0) is 13.1. The topological polar surface area (TPSA) is 29.3 Å². The summed E-state index contributed by atoms with van der Waals surface area (Å²) in [5.74, 6) is 1.72. The second-order valence-electron chi connectivity index (χ2n) is 7.52. The molecule has 3 atom stereocenters. The van der Waals surface area contributed by atoms with Gasteiger partial charge in [-0.3, -0.25) is 0 Å². The minimum atomic E-state index is 0.363. The molecule has 2 N–H and O–H groups in total. The van der Waals surface area contributed by atoms with Crippen LogP contribution in [0.25, 0.3) is 0 Å². The van der Waals surface area contributed by atoms with Gasteiger partial charge in [0.2, 0.25) is 0 Å². The quantitative estimate of drug-likeness (QED) is 0.818. The Morgan fingerprint density at radius 2 is 1.71 bits per heavy atom. The fourth-order valence-corrected chi connectivity index (χ4v) is 3.21. The highest BCUT2D eigenvalue weighted by atomic mass is 15.1. The van der Waals surface area contributed by atoms with E-state index >= 15 is 0 Å². The lowest BCUT2D eigenvalue weighted by molar-refractivity contribution is 0.134. The smallest absolute Gasteiger partial charge is 0.00559 e. The van der Waals surface area contributed by atoms with E-state index < -0.39 is 0 Å². The highest BCUT2D eigenvalue weighted by molar-refractivity contribution is 4.77. The Bertz CT molecular complexity index is 209. The average Bonchev–Trinajstić information content (AvgIpc) is 2.10. The number of nitrogens with zero attached hydrogens (tertiary/aromatic N) is 1. The first-order valence-corrected chi connectivity index (χ1v) is 7.24. The van der Waals surface area contributed by atoms with Crippen LogP contribution in [0.2, 0.25) is 0 Å². The predicted octanol–water partition coefficient (Wildman–Crippen LogP) is 3.12. The number of rotatable bonds is 4. The molecular weight excluding hydrogens is 208 g/mol. The SMILES string of the molecule is CC1CC(C)CN(CCC(N)CC(C)(C)C)C1. The van der Waals surface area contributed by atoms with Crippen LogP contribution in [0.5, 0.6) is 0 Å². The van der Waals surface area contributed by atoms with Crippen LogP contribution in [0.4, 0.5) is 0 Å². The van der Waals surface area contributed by atoms with Gasteiger partial charge in [-0.2, -0.15) is 0 Å². The van der Waals surface area contributed by atoms with E-state index in [1.165, 1.54) is 26.1 Å². The number of hydrogen-bond donors (Lipinski definition) is 1. The Kier molecular flexibility index (Phi) is 5.46. The van der Waals surface area contributed by atoms with E-state index in [0.29, 0.717) is 11.5 Å². The summed E-state index contributed by atoms with van der Waals surface area (Å²) in [4.78, 5) is 2.61. The lowest BCUT2D eigenvalue weighted by Gasteiger charge is -2.35. The van der Waals surface area contributed by atoms with Crippen molar-refractivity contribution in [3.8, 4) is 0 Å². The van der Waals surface area contributed by atoms with Crippen molar-refractivity contribution in [3.63, 3.8) is 0 Å². The van der Waals surface area contributed by atoms with E-state index in [1.54, 1.807) is 0 Å². The van der Waals surface area contributed by atoms with Crippen LogP contribution < -0.4 is 5.73 Å². The third-order valence-corrected chi connectivity index (χ3v) is 3.64. The maximum atomic E-state index is 6.22. The Labute approximate surface area is 108 Å². The summed E-state index contributed by atoms with van der Waals surface area (Å²) in [6, 6.07) is 0.363. The Balaban J connectivity index is 2.25. The molecule has 1 fully saturated rings. The second kappa shape index (κ2) is 6.19. The van der Waals surface area contributed by atoms with Crippen LogP contribution in [0.1, 0.15) is 53.9 Å². The third kappa shape index (κ3) is 6.42. The summed E-state index contributed by atoms with van der Waals surface area (Å²) in [7, 11) is 0. The number of likely N-dealkylation sites (tertiary alicyclic amines) is 1. The van der Waals surface area contributed by atoms with Crippen LogP contribution in [0.3, 0.4) is 0 Å². The fourth-order valence-electron chi connectivity index (χ4n) is 3.21. The molecule has 0 aromatic rings. The minimum absolute atomic E-state index is 0.363. The molecule has 1 heterocycles.